The van der Waals surface area contributed by atoms with Crippen molar-refractivity contribution in [2.24, 2.45) is 0 Å². The first-order chi connectivity index (χ1) is 8.50. The van der Waals surface area contributed by atoms with Crippen molar-refractivity contribution in [3.05, 3.63) is 33.4 Å². The van der Waals surface area contributed by atoms with Crippen molar-refractivity contribution >= 4 is 5.69 Å². The lowest BCUT2D eigenvalue weighted by molar-refractivity contribution is -0.389. The number of alkyl halides is 6. The number of nitro groups is 1. The van der Waals surface area contributed by atoms with E-state index in [1.165, 1.54) is 0 Å². The maximum atomic E-state index is 12.7. The van der Waals surface area contributed by atoms with Gasteiger partial charge in [0.2, 0.25) is 0 Å². The molecule has 0 heterocycles. The Morgan fingerprint density at radius 2 is 1.63 bits per heavy atom. The van der Waals surface area contributed by atoms with Gasteiger partial charge in [0, 0.05) is 0 Å². The third-order valence-corrected chi connectivity index (χ3v) is 2.13. The van der Waals surface area contributed by atoms with Gasteiger partial charge in [0.25, 0.3) is 0 Å². The lowest BCUT2D eigenvalue weighted by Crippen LogP contribution is -2.19. The van der Waals surface area contributed by atoms with Crippen LogP contribution in [0.15, 0.2) is 12.1 Å². The number of nitro benzene ring substituents is 1. The monoisotopic (exact) mass is 289 g/mol. The molecule has 1 aromatic carbocycles. The highest BCUT2D eigenvalue weighted by Crippen LogP contribution is 2.47. The fourth-order valence-corrected chi connectivity index (χ4v) is 1.44. The first kappa shape index (κ1) is 15.1. The maximum absolute atomic E-state index is 12.7. The number of benzene rings is 1. The van der Waals surface area contributed by atoms with E-state index in [2.05, 4.69) is 4.74 Å². The predicted molar refractivity (Wildman–Crippen MR) is 49.7 cm³/mol. The smallest absolute Gasteiger partial charge is 0.423 e. The van der Waals surface area contributed by atoms with Gasteiger partial charge in [0.15, 0.2) is 5.75 Å². The van der Waals surface area contributed by atoms with Crippen molar-refractivity contribution < 1.29 is 36.0 Å². The standard InChI is InChI=1S/C9H5F6NO3/c1-19-5-3-2-4(8(10,11)12)6(9(13,14)15)7(5)16(17)18/h2-3H,1H3. The number of hydrogen-bond donors (Lipinski definition) is 0. The van der Waals surface area contributed by atoms with Crippen LogP contribution in [-0.4, -0.2) is 12.0 Å². The van der Waals surface area contributed by atoms with E-state index in [-0.39, 0.29) is 6.07 Å². The van der Waals surface area contributed by atoms with Crippen molar-refractivity contribution in [2.45, 2.75) is 12.4 Å². The quantitative estimate of drug-likeness (QED) is 0.474. The van der Waals surface area contributed by atoms with Crippen LogP contribution in [0.5, 0.6) is 5.75 Å². The normalized spacial score (nSPS) is 12.4. The molecule has 0 amide bonds. The maximum Gasteiger partial charge on any atom is 0.423 e. The van der Waals surface area contributed by atoms with Crippen LogP contribution in [-0.2, 0) is 12.4 Å². The van der Waals surface area contributed by atoms with Crippen LogP contribution in [0.3, 0.4) is 0 Å². The van der Waals surface area contributed by atoms with Gasteiger partial charge in [0.1, 0.15) is 5.56 Å². The molecular formula is C9H5F6NO3. The van der Waals surface area contributed by atoms with E-state index >= 15 is 0 Å². The molecule has 0 N–H and O–H groups in total. The number of hydrogen-bond acceptors (Lipinski definition) is 3. The van der Waals surface area contributed by atoms with Crippen molar-refractivity contribution in [3.63, 3.8) is 0 Å². The van der Waals surface area contributed by atoms with E-state index in [0.717, 1.165) is 7.11 Å². The zero-order valence-corrected chi connectivity index (χ0v) is 9.09. The predicted octanol–water partition coefficient (Wildman–Crippen LogP) is 3.64. The minimum Gasteiger partial charge on any atom is -0.490 e. The van der Waals surface area contributed by atoms with E-state index in [9.17, 15) is 36.5 Å². The summed E-state index contributed by atoms with van der Waals surface area (Å²) in [5.74, 6) is -0.898. The van der Waals surface area contributed by atoms with Crippen LogP contribution in [0, 0.1) is 10.1 Å². The van der Waals surface area contributed by atoms with Gasteiger partial charge in [0.05, 0.1) is 17.6 Å². The Hall–Kier alpha value is -2.00. The van der Waals surface area contributed by atoms with Gasteiger partial charge in [-0.25, -0.2) is 0 Å². The lowest BCUT2D eigenvalue weighted by atomic mass is 10.0. The number of ether oxygens (including phenoxy) is 1. The molecular weight excluding hydrogens is 284 g/mol. The summed E-state index contributed by atoms with van der Waals surface area (Å²) in [5.41, 5.74) is -6.26. The topological polar surface area (TPSA) is 52.4 Å². The summed E-state index contributed by atoms with van der Waals surface area (Å²) in [5, 5.41) is 10.6. The Morgan fingerprint density at radius 3 is 1.95 bits per heavy atom. The first-order valence-electron chi connectivity index (χ1n) is 4.50. The Kier molecular flexibility index (Phi) is 3.64. The summed E-state index contributed by atoms with van der Waals surface area (Å²) < 4.78 is 79.8. The Bertz CT molecular complexity index is 508. The van der Waals surface area contributed by atoms with Crippen LogP contribution >= 0.6 is 0 Å². The molecule has 0 radical (unpaired) electrons. The van der Waals surface area contributed by atoms with Gasteiger partial charge < -0.3 is 4.74 Å². The van der Waals surface area contributed by atoms with E-state index in [0.29, 0.717) is 6.07 Å². The number of nitrogens with zero attached hydrogens (tertiary/aromatic N) is 1. The SMILES string of the molecule is COc1ccc(C(F)(F)F)c(C(F)(F)F)c1[N+](=O)[O-]. The molecule has 0 atom stereocenters. The molecule has 0 spiro atoms. The molecule has 0 saturated carbocycles. The van der Waals surface area contributed by atoms with E-state index in [1.54, 1.807) is 0 Å². The van der Waals surface area contributed by atoms with Gasteiger partial charge in [-0.15, -0.1) is 0 Å². The molecule has 1 rings (SSSR count). The van der Waals surface area contributed by atoms with E-state index in [1.807, 2.05) is 0 Å². The van der Waals surface area contributed by atoms with Crippen molar-refractivity contribution in [3.8, 4) is 5.75 Å². The van der Waals surface area contributed by atoms with E-state index < -0.39 is 39.8 Å². The second-order valence-electron chi connectivity index (χ2n) is 3.29. The molecule has 10 heteroatoms. The van der Waals surface area contributed by atoms with Crippen LogP contribution in [0.1, 0.15) is 11.1 Å². The second kappa shape index (κ2) is 4.59. The van der Waals surface area contributed by atoms with Crippen LogP contribution in [0.4, 0.5) is 32.0 Å². The van der Waals surface area contributed by atoms with Crippen LogP contribution in [0.25, 0.3) is 0 Å². The van der Waals surface area contributed by atoms with Crippen molar-refractivity contribution in [1.29, 1.82) is 0 Å². The summed E-state index contributed by atoms with van der Waals surface area (Å²) >= 11 is 0. The van der Waals surface area contributed by atoms with Crippen molar-refractivity contribution in [1.82, 2.24) is 0 Å². The Labute approximate surface area is 101 Å². The molecule has 1 aromatic rings. The number of halogens is 6. The molecule has 106 valence electrons. The van der Waals surface area contributed by atoms with Gasteiger partial charge in [-0.05, 0) is 12.1 Å². The molecule has 0 bridgehead atoms. The summed E-state index contributed by atoms with van der Waals surface area (Å²) in [6.07, 6.45) is -10.9. The van der Waals surface area contributed by atoms with Gasteiger partial charge in [-0.2, -0.15) is 26.3 Å². The average Bonchev–Trinajstić information content (AvgIpc) is 2.24. The highest BCUT2D eigenvalue weighted by molar-refractivity contribution is 5.58. The Morgan fingerprint density at radius 1 is 1.11 bits per heavy atom. The van der Waals surface area contributed by atoms with Crippen LogP contribution in [0.2, 0.25) is 0 Å². The first-order valence-corrected chi connectivity index (χ1v) is 4.50. The Balaban J connectivity index is 3.81. The average molecular weight is 289 g/mol. The molecule has 0 aromatic heterocycles. The highest BCUT2D eigenvalue weighted by Gasteiger charge is 2.49. The summed E-state index contributed by atoms with van der Waals surface area (Å²) in [4.78, 5) is 9.03. The fourth-order valence-electron chi connectivity index (χ4n) is 1.44. The van der Waals surface area contributed by atoms with Gasteiger partial charge >= 0.3 is 18.0 Å². The zero-order valence-electron chi connectivity index (χ0n) is 9.09. The molecule has 19 heavy (non-hydrogen) atoms. The third kappa shape index (κ3) is 2.88. The minimum absolute atomic E-state index is 0.0919. The van der Waals surface area contributed by atoms with Crippen LogP contribution < -0.4 is 4.74 Å². The molecule has 0 aliphatic rings. The largest absolute Gasteiger partial charge is 0.490 e. The summed E-state index contributed by atoms with van der Waals surface area (Å²) in [6.45, 7) is 0. The number of rotatable bonds is 2. The fraction of sp³-hybridized carbons (Fsp3) is 0.333. The molecule has 0 fully saturated rings. The molecule has 4 nitrogen and oxygen atoms in total. The van der Waals surface area contributed by atoms with Gasteiger partial charge in [-0.1, -0.05) is 0 Å². The lowest BCUT2D eigenvalue weighted by Gasteiger charge is -2.16. The summed E-state index contributed by atoms with van der Waals surface area (Å²) in [7, 11) is 0.815. The van der Waals surface area contributed by atoms with E-state index in [4.69, 9.17) is 0 Å². The van der Waals surface area contributed by atoms with Crippen molar-refractivity contribution in [2.75, 3.05) is 7.11 Å². The van der Waals surface area contributed by atoms with Gasteiger partial charge in [-0.3, -0.25) is 10.1 Å². The number of methoxy groups -OCH3 is 1. The minimum atomic E-state index is -5.54. The molecule has 0 aliphatic heterocycles. The second-order valence-corrected chi connectivity index (χ2v) is 3.29. The third-order valence-electron chi connectivity index (χ3n) is 2.13. The highest BCUT2D eigenvalue weighted by atomic mass is 19.4. The molecule has 0 aliphatic carbocycles. The molecule has 0 saturated heterocycles. The summed E-state index contributed by atoms with van der Waals surface area (Å²) in [6, 6.07) is 0.560. The zero-order chi connectivity index (χ0) is 15.0. The molecule has 0 unspecified atom stereocenters.